The van der Waals surface area contributed by atoms with Crippen LogP contribution in [0.5, 0.6) is 0 Å². The number of rotatable bonds is 2. The highest BCUT2D eigenvalue weighted by atomic mass is 32.2. The van der Waals surface area contributed by atoms with Crippen molar-refractivity contribution in [3.05, 3.63) is 0 Å². The molecule has 4 fully saturated rings. The van der Waals surface area contributed by atoms with E-state index in [4.69, 9.17) is 0 Å². The first-order chi connectivity index (χ1) is 7.61. The molecule has 4 unspecified atom stereocenters. The zero-order valence-electron chi connectivity index (χ0n) is 10.2. The maximum Gasteiger partial charge on any atom is 0.281 e. The Hall–Kier alpha value is -0.180. The van der Waals surface area contributed by atoms with Crippen LogP contribution < -0.4 is 0 Å². The molecule has 90 valence electrons. The standard InChI is InChI=1S/C13H21NOS/c1-9-3-4-10-7-11(9)13(10,2)8-14-5-6-16-12(14)15/h9-11H,3-8H2,1-2H3. The summed E-state index contributed by atoms with van der Waals surface area (Å²) in [5.41, 5.74) is 0.443. The van der Waals surface area contributed by atoms with Crippen LogP contribution in [0.4, 0.5) is 4.79 Å². The van der Waals surface area contributed by atoms with Crippen LogP contribution in [-0.2, 0) is 0 Å². The molecule has 4 aliphatic rings. The van der Waals surface area contributed by atoms with E-state index in [1.807, 2.05) is 0 Å². The van der Waals surface area contributed by atoms with Crippen LogP contribution in [0.25, 0.3) is 0 Å². The van der Waals surface area contributed by atoms with Gasteiger partial charge < -0.3 is 4.90 Å². The topological polar surface area (TPSA) is 20.3 Å². The third kappa shape index (κ3) is 1.43. The van der Waals surface area contributed by atoms with Crippen molar-refractivity contribution in [3.63, 3.8) is 0 Å². The molecule has 1 saturated heterocycles. The van der Waals surface area contributed by atoms with Crippen LogP contribution in [-0.4, -0.2) is 29.0 Å². The van der Waals surface area contributed by atoms with Crippen molar-refractivity contribution in [1.82, 2.24) is 4.90 Å². The number of thioether (sulfide) groups is 1. The van der Waals surface area contributed by atoms with E-state index in [0.717, 1.165) is 36.6 Å². The van der Waals surface area contributed by atoms with Gasteiger partial charge in [-0.15, -0.1) is 0 Å². The molecule has 3 heteroatoms. The maximum absolute atomic E-state index is 11.7. The zero-order chi connectivity index (χ0) is 11.3. The van der Waals surface area contributed by atoms with Gasteiger partial charge in [-0.1, -0.05) is 32.0 Å². The van der Waals surface area contributed by atoms with Crippen molar-refractivity contribution in [2.75, 3.05) is 18.8 Å². The van der Waals surface area contributed by atoms with Crippen molar-refractivity contribution in [1.29, 1.82) is 0 Å². The van der Waals surface area contributed by atoms with E-state index in [1.165, 1.54) is 31.0 Å². The smallest absolute Gasteiger partial charge is 0.281 e. The monoisotopic (exact) mass is 239 g/mol. The molecule has 1 aliphatic heterocycles. The third-order valence-corrected chi connectivity index (χ3v) is 6.24. The fraction of sp³-hybridized carbons (Fsp3) is 0.923. The minimum atomic E-state index is 0.318. The molecule has 4 rings (SSSR count). The SMILES string of the molecule is CC1CCC2CC1C2(C)CN1CCSC1=O. The Kier molecular flexibility index (Phi) is 2.50. The molecule has 2 nitrogen and oxygen atoms in total. The van der Waals surface area contributed by atoms with Crippen LogP contribution in [0.15, 0.2) is 0 Å². The van der Waals surface area contributed by atoms with E-state index in [0.29, 0.717) is 10.7 Å². The van der Waals surface area contributed by atoms with E-state index in [2.05, 4.69) is 18.7 Å². The molecule has 0 N–H and O–H groups in total. The van der Waals surface area contributed by atoms with Crippen molar-refractivity contribution >= 4 is 17.0 Å². The summed E-state index contributed by atoms with van der Waals surface area (Å²) in [6.07, 6.45) is 4.23. The van der Waals surface area contributed by atoms with Gasteiger partial charge in [0.05, 0.1) is 0 Å². The van der Waals surface area contributed by atoms with E-state index in [9.17, 15) is 4.79 Å². The van der Waals surface area contributed by atoms with E-state index >= 15 is 0 Å². The Morgan fingerprint density at radius 3 is 2.88 bits per heavy atom. The summed E-state index contributed by atoms with van der Waals surface area (Å²) in [6, 6.07) is 0. The third-order valence-electron chi connectivity index (χ3n) is 5.35. The molecule has 0 aromatic heterocycles. The van der Waals surface area contributed by atoms with Gasteiger partial charge in [0.2, 0.25) is 0 Å². The Balaban J connectivity index is 1.72. The molecular formula is C13H21NOS. The molecule has 2 bridgehead atoms. The normalized spacial score (nSPS) is 47.0. The lowest BCUT2D eigenvalue weighted by Crippen LogP contribution is -2.58. The summed E-state index contributed by atoms with van der Waals surface area (Å²) in [4.78, 5) is 13.8. The van der Waals surface area contributed by atoms with Crippen LogP contribution in [0.1, 0.15) is 33.1 Å². The number of amides is 1. The molecule has 16 heavy (non-hydrogen) atoms. The Morgan fingerprint density at radius 1 is 1.50 bits per heavy atom. The number of fused-ring (bicyclic) bond motifs is 2. The average Bonchev–Trinajstić information content (AvgIpc) is 2.64. The van der Waals surface area contributed by atoms with Gasteiger partial charge in [-0.3, -0.25) is 4.79 Å². The number of hydrogen-bond acceptors (Lipinski definition) is 2. The van der Waals surface area contributed by atoms with Crippen LogP contribution >= 0.6 is 11.8 Å². The first kappa shape index (κ1) is 10.9. The molecular weight excluding hydrogens is 218 g/mol. The highest BCUT2D eigenvalue weighted by molar-refractivity contribution is 8.13. The minimum absolute atomic E-state index is 0.318. The number of carbonyl (C=O) groups excluding carboxylic acids is 1. The fourth-order valence-electron chi connectivity index (χ4n) is 4.21. The Labute approximate surface area is 102 Å². The second-order valence-electron chi connectivity index (χ2n) is 6.14. The van der Waals surface area contributed by atoms with Gasteiger partial charge in [0, 0.05) is 18.8 Å². The van der Waals surface area contributed by atoms with E-state index in [-0.39, 0.29) is 0 Å². The molecule has 1 heterocycles. The van der Waals surface area contributed by atoms with Gasteiger partial charge in [-0.2, -0.15) is 0 Å². The van der Waals surface area contributed by atoms with Gasteiger partial charge in [0.25, 0.3) is 5.24 Å². The first-order valence-corrected chi connectivity index (χ1v) is 7.51. The second kappa shape index (κ2) is 3.66. The second-order valence-corrected chi connectivity index (χ2v) is 7.18. The van der Waals surface area contributed by atoms with Gasteiger partial charge >= 0.3 is 0 Å². The lowest BCUT2D eigenvalue weighted by molar-refractivity contribution is -0.121. The molecule has 3 saturated carbocycles. The maximum atomic E-state index is 11.7. The zero-order valence-corrected chi connectivity index (χ0v) is 11.1. The summed E-state index contributed by atoms with van der Waals surface area (Å²) in [5, 5.41) is 0.318. The minimum Gasteiger partial charge on any atom is -0.332 e. The number of hydrogen-bond donors (Lipinski definition) is 0. The predicted molar refractivity (Wildman–Crippen MR) is 67.5 cm³/mol. The van der Waals surface area contributed by atoms with Crippen LogP contribution in [0, 0.1) is 23.2 Å². The van der Waals surface area contributed by atoms with Gasteiger partial charge in [-0.05, 0) is 36.0 Å². The number of nitrogens with zero attached hydrogens (tertiary/aromatic N) is 1. The predicted octanol–water partition coefficient (Wildman–Crippen LogP) is 3.23. The van der Waals surface area contributed by atoms with Crippen molar-refractivity contribution < 1.29 is 4.79 Å². The molecule has 0 aromatic rings. The van der Waals surface area contributed by atoms with Crippen molar-refractivity contribution in [2.45, 2.75) is 33.1 Å². The van der Waals surface area contributed by atoms with E-state index < -0.39 is 0 Å². The van der Waals surface area contributed by atoms with Gasteiger partial charge in [-0.25, -0.2) is 0 Å². The molecule has 3 aliphatic carbocycles. The Bertz CT molecular complexity index is 317. The quantitative estimate of drug-likeness (QED) is 0.737. The van der Waals surface area contributed by atoms with Crippen LogP contribution in [0.3, 0.4) is 0 Å². The highest BCUT2D eigenvalue weighted by Crippen LogP contribution is 2.61. The van der Waals surface area contributed by atoms with Crippen molar-refractivity contribution in [3.8, 4) is 0 Å². The molecule has 0 aromatic carbocycles. The Morgan fingerprint density at radius 2 is 2.31 bits per heavy atom. The average molecular weight is 239 g/mol. The molecule has 0 radical (unpaired) electrons. The largest absolute Gasteiger partial charge is 0.332 e. The summed E-state index contributed by atoms with van der Waals surface area (Å²) in [6.45, 7) is 6.84. The van der Waals surface area contributed by atoms with E-state index in [1.54, 1.807) is 0 Å². The van der Waals surface area contributed by atoms with Gasteiger partial charge in [0.15, 0.2) is 0 Å². The summed E-state index contributed by atoms with van der Waals surface area (Å²) in [5.74, 6) is 3.65. The van der Waals surface area contributed by atoms with Gasteiger partial charge in [0.1, 0.15) is 0 Å². The summed E-state index contributed by atoms with van der Waals surface area (Å²) >= 11 is 1.50. The molecule has 4 atom stereocenters. The highest BCUT2D eigenvalue weighted by Gasteiger charge is 2.56. The fourth-order valence-corrected chi connectivity index (χ4v) is 5.03. The molecule has 1 amide bonds. The van der Waals surface area contributed by atoms with Crippen molar-refractivity contribution in [2.24, 2.45) is 23.2 Å². The number of carbonyl (C=O) groups is 1. The first-order valence-electron chi connectivity index (χ1n) is 6.53. The lowest BCUT2D eigenvalue weighted by Gasteiger charge is -2.62. The summed E-state index contributed by atoms with van der Waals surface area (Å²) in [7, 11) is 0. The molecule has 0 spiro atoms. The van der Waals surface area contributed by atoms with Crippen LogP contribution in [0.2, 0.25) is 0 Å². The lowest BCUT2D eigenvalue weighted by atomic mass is 9.45. The summed E-state index contributed by atoms with van der Waals surface area (Å²) < 4.78 is 0.